The fraction of sp³-hybridized carbons (Fsp3) is 0.750. The van der Waals surface area contributed by atoms with E-state index in [1.165, 1.54) is 13.8 Å². The molecule has 24 heavy (non-hydrogen) atoms. The van der Waals surface area contributed by atoms with Gasteiger partial charge in [-0.25, -0.2) is 0 Å². The quantitative estimate of drug-likeness (QED) is 0.714. The average molecular weight is 378 g/mol. The van der Waals surface area contributed by atoms with Gasteiger partial charge < -0.3 is 10.2 Å². The molecule has 0 amide bonds. The van der Waals surface area contributed by atoms with Crippen LogP contribution in [0.25, 0.3) is 0 Å². The van der Waals surface area contributed by atoms with E-state index in [0.29, 0.717) is 25.0 Å². The topological polar surface area (TPSA) is 139 Å². The van der Waals surface area contributed by atoms with E-state index in [1.807, 2.05) is 27.7 Å². The number of nitriles is 2. The molecule has 8 heteroatoms. The van der Waals surface area contributed by atoms with Gasteiger partial charge in [-0.2, -0.15) is 10.5 Å². The molecular weight excluding hydrogens is 348 g/mol. The third-order valence-corrected chi connectivity index (χ3v) is 1.39. The number of Topliss-reactive ketones (excluding diaryl/α,β-unsaturated/α-hetero) is 2. The normalized spacial score (nSPS) is 7.46. The number of rotatable bonds is 4. The Hall–Kier alpha value is -1.25. The summed E-state index contributed by atoms with van der Waals surface area (Å²) in [6.45, 7) is 11.3. The van der Waals surface area contributed by atoms with Crippen molar-refractivity contribution in [2.75, 3.05) is 13.2 Å². The van der Waals surface area contributed by atoms with Gasteiger partial charge >= 0.3 is 23.7 Å². The van der Waals surface area contributed by atoms with Gasteiger partial charge in [0, 0.05) is 13.2 Å². The SMILES string of the molecule is CC(=O)CC#N.CC(=O)CC#N.CC(C)CO.CC(C)CO.[O]=[Ti]. The van der Waals surface area contributed by atoms with Crippen molar-refractivity contribution in [3.05, 3.63) is 0 Å². The van der Waals surface area contributed by atoms with Crippen LogP contribution in [0.3, 0.4) is 0 Å². The number of carbonyl (C=O) groups is 2. The summed E-state index contributed by atoms with van der Waals surface area (Å²) in [5.74, 6) is 0.736. The van der Waals surface area contributed by atoms with E-state index in [2.05, 4.69) is 0 Å². The molecule has 0 rings (SSSR count). The first kappa shape index (κ1) is 34.2. The number of ketones is 2. The van der Waals surface area contributed by atoms with E-state index in [0.717, 1.165) is 20.4 Å². The van der Waals surface area contributed by atoms with Crippen molar-refractivity contribution in [3.63, 3.8) is 0 Å². The van der Waals surface area contributed by atoms with Crippen LogP contribution in [0.5, 0.6) is 0 Å². The van der Waals surface area contributed by atoms with Gasteiger partial charge in [-0.1, -0.05) is 27.7 Å². The molecule has 7 nitrogen and oxygen atoms in total. The molecule has 0 spiro atoms. The van der Waals surface area contributed by atoms with Crippen LogP contribution in [0.15, 0.2) is 0 Å². The second-order valence-corrected chi connectivity index (χ2v) is 5.23. The summed E-state index contributed by atoms with van der Waals surface area (Å²) in [5, 5.41) is 31.8. The maximum atomic E-state index is 9.82. The van der Waals surface area contributed by atoms with Crippen molar-refractivity contribution in [1.29, 1.82) is 10.5 Å². The van der Waals surface area contributed by atoms with E-state index < -0.39 is 0 Å². The number of aliphatic hydroxyl groups is 2. The van der Waals surface area contributed by atoms with Crippen LogP contribution in [-0.4, -0.2) is 35.0 Å². The number of carbonyl (C=O) groups excluding carboxylic acids is 2. The molecule has 0 atom stereocenters. The van der Waals surface area contributed by atoms with Gasteiger partial charge in [0.1, 0.15) is 11.6 Å². The summed E-state index contributed by atoms with van der Waals surface area (Å²) < 4.78 is 8.25. The Kier molecular flexibility index (Phi) is 47.5. The summed E-state index contributed by atoms with van der Waals surface area (Å²) in [4.78, 5) is 19.6. The van der Waals surface area contributed by atoms with E-state index in [4.69, 9.17) is 24.1 Å². The first-order valence-electron chi connectivity index (χ1n) is 7.23. The minimum absolute atomic E-state index is 0.0417. The van der Waals surface area contributed by atoms with Crippen molar-refractivity contribution < 1.29 is 43.5 Å². The minimum atomic E-state index is -0.0718. The molecular formula is C16H30N2O5Ti. The summed E-state index contributed by atoms with van der Waals surface area (Å²) >= 11 is 0.750. The fourth-order valence-corrected chi connectivity index (χ4v) is 0.223. The number of hydrogen-bond acceptors (Lipinski definition) is 7. The van der Waals surface area contributed by atoms with Gasteiger partial charge in [-0.05, 0) is 25.7 Å². The van der Waals surface area contributed by atoms with E-state index >= 15 is 0 Å². The van der Waals surface area contributed by atoms with Gasteiger partial charge in [0.15, 0.2) is 0 Å². The van der Waals surface area contributed by atoms with E-state index in [1.54, 1.807) is 12.1 Å². The van der Waals surface area contributed by atoms with E-state index in [9.17, 15) is 9.59 Å². The van der Waals surface area contributed by atoms with Crippen molar-refractivity contribution in [1.82, 2.24) is 0 Å². The molecule has 2 N–H and O–H groups in total. The van der Waals surface area contributed by atoms with Gasteiger partial charge in [0.05, 0.1) is 25.0 Å². The zero-order chi connectivity index (χ0) is 20.6. The van der Waals surface area contributed by atoms with Crippen LogP contribution in [0.1, 0.15) is 54.4 Å². The number of nitrogens with zero attached hydrogens (tertiary/aromatic N) is 2. The monoisotopic (exact) mass is 378 g/mol. The third-order valence-electron chi connectivity index (χ3n) is 1.39. The zero-order valence-electron chi connectivity index (χ0n) is 15.5. The molecule has 0 aliphatic rings. The van der Waals surface area contributed by atoms with Crippen molar-refractivity contribution >= 4 is 11.6 Å². The Labute approximate surface area is 157 Å². The molecule has 138 valence electrons. The zero-order valence-corrected chi connectivity index (χ0v) is 17.1. The number of hydrogen-bond donors (Lipinski definition) is 2. The van der Waals surface area contributed by atoms with Gasteiger partial charge in [0.25, 0.3) is 0 Å². The van der Waals surface area contributed by atoms with Crippen LogP contribution in [0.2, 0.25) is 0 Å². The summed E-state index contributed by atoms with van der Waals surface area (Å²) in [5.41, 5.74) is 0. The van der Waals surface area contributed by atoms with Gasteiger partial charge in [-0.15, -0.1) is 0 Å². The fourth-order valence-electron chi connectivity index (χ4n) is 0.223. The van der Waals surface area contributed by atoms with E-state index in [-0.39, 0.29) is 24.4 Å². The molecule has 0 radical (unpaired) electrons. The van der Waals surface area contributed by atoms with Crippen molar-refractivity contribution in [2.24, 2.45) is 11.8 Å². The third kappa shape index (κ3) is 106. The standard InChI is InChI=1S/2C4H5NO.2C4H10O.O.Ti/c2*1-4(6)2-3-5;2*1-4(2)3-5;;/h2*2H2,1H3;2*4-5H,3H2,1-2H3;;. The van der Waals surface area contributed by atoms with Crippen LogP contribution in [0, 0.1) is 34.5 Å². The Morgan fingerprint density at radius 1 is 0.833 bits per heavy atom. The van der Waals surface area contributed by atoms with Crippen LogP contribution in [0.4, 0.5) is 0 Å². The molecule has 0 heterocycles. The Bertz CT molecular complexity index is 326. The molecule has 0 unspecified atom stereocenters. The van der Waals surface area contributed by atoms with Crippen molar-refractivity contribution in [2.45, 2.75) is 54.4 Å². The first-order valence-corrected chi connectivity index (χ1v) is 7.87. The van der Waals surface area contributed by atoms with Gasteiger partial charge in [-0.3, -0.25) is 9.59 Å². The molecule has 0 bridgehead atoms. The average Bonchev–Trinajstić information content (AvgIpc) is 2.50. The molecule has 0 fully saturated rings. The van der Waals surface area contributed by atoms with Crippen LogP contribution < -0.4 is 0 Å². The predicted octanol–water partition coefficient (Wildman–Crippen LogP) is 2.13. The molecule has 0 aromatic rings. The Balaban J connectivity index is -0.0000000647. The molecule has 0 aromatic carbocycles. The predicted molar refractivity (Wildman–Crippen MR) is 86.4 cm³/mol. The first-order chi connectivity index (χ1) is 11.1. The molecule has 0 aliphatic heterocycles. The molecule has 0 aromatic heterocycles. The van der Waals surface area contributed by atoms with Crippen LogP contribution in [-0.2, 0) is 33.3 Å². The molecule has 0 aliphatic carbocycles. The number of aliphatic hydroxyl groups excluding tert-OH is 2. The van der Waals surface area contributed by atoms with Gasteiger partial charge in [0.2, 0.25) is 0 Å². The summed E-state index contributed by atoms with van der Waals surface area (Å²) in [6.07, 6.45) is 0.0833. The second kappa shape index (κ2) is 33.4. The summed E-state index contributed by atoms with van der Waals surface area (Å²) in [6, 6.07) is 3.44. The Morgan fingerprint density at radius 3 is 1.00 bits per heavy atom. The molecule has 0 saturated carbocycles. The maximum absolute atomic E-state index is 9.82. The Morgan fingerprint density at radius 2 is 1.00 bits per heavy atom. The molecule has 0 saturated heterocycles. The van der Waals surface area contributed by atoms with Crippen molar-refractivity contribution in [3.8, 4) is 12.1 Å². The summed E-state index contributed by atoms with van der Waals surface area (Å²) in [7, 11) is 0. The second-order valence-electron chi connectivity index (χ2n) is 5.23. The van der Waals surface area contributed by atoms with Crippen LogP contribution >= 0.6 is 0 Å².